The first kappa shape index (κ1) is 8.49. The van der Waals surface area contributed by atoms with Crippen molar-refractivity contribution in [3.63, 3.8) is 0 Å². The predicted molar refractivity (Wildman–Crippen MR) is 58.7 cm³/mol. The molecule has 4 atom stereocenters. The fourth-order valence-corrected chi connectivity index (χ4v) is 3.26. The van der Waals surface area contributed by atoms with Crippen molar-refractivity contribution in [3.8, 4) is 0 Å². The van der Waals surface area contributed by atoms with Gasteiger partial charge in [-0.2, -0.15) is 0 Å². The van der Waals surface area contributed by atoms with E-state index in [0.717, 1.165) is 11.8 Å². The molecular weight excluding hydrogens is 170 g/mol. The van der Waals surface area contributed by atoms with Crippen LogP contribution in [0.1, 0.15) is 19.8 Å². The summed E-state index contributed by atoms with van der Waals surface area (Å²) >= 11 is 0. The SMILES string of the molecule is CC1C[C@H](N)C2=CC3=CC=CC3CC21. The monoisotopic (exact) mass is 187 g/mol. The van der Waals surface area contributed by atoms with Crippen LogP contribution >= 0.6 is 0 Å². The van der Waals surface area contributed by atoms with Crippen LogP contribution in [0.15, 0.2) is 35.5 Å². The lowest BCUT2D eigenvalue weighted by Crippen LogP contribution is -2.22. The van der Waals surface area contributed by atoms with E-state index in [-0.39, 0.29) is 0 Å². The normalized spacial score (nSPS) is 44.4. The Labute approximate surface area is 85.4 Å². The minimum Gasteiger partial charge on any atom is -0.324 e. The van der Waals surface area contributed by atoms with E-state index in [1.807, 2.05) is 0 Å². The van der Waals surface area contributed by atoms with Gasteiger partial charge in [0.05, 0.1) is 0 Å². The second kappa shape index (κ2) is 2.83. The first-order valence-corrected chi connectivity index (χ1v) is 5.61. The zero-order chi connectivity index (χ0) is 9.71. The van der Waals surface area contributed by atoms with Gasteiger partial charge in [-0.05, 0) is 35.8 Å². The van der Waals surface area contributed by atoms with Crippen LogP contribution in [-0.2, 0) is 0 Å². The molecule has 0 aliphatic heterocycles. The summed E-state index contributed by atoms with van der Waals surface area (Å²) in [6, 6.07) is 0.331. The average molecular weight is 187 g/mol. The van der Waals surface area contributed by atoms with Crippen molar-refractivity contribution >= 4 is 0 Å². The Kier molecular flexibility index (Phi) is 1.72. The maximum Gasteiger partial charge on any atom is 0.0262 e. The number of hydrogen-bond acceptors (Lipinski definition) is 1. The summed E-state index contributed by atoms with van der Waals surface area (Å²) in [6.07, 6.45) is 11.6. The molecule has 3 aliphatic carbocycles. The van der Waals surface area contributed by atoms with Gasteiger partial charge < -0.3 is 5.73 Å². The summed E-state index contributed by atoms with van der Waals surface area (Å²) in [6.45, 7) is 2.35. The molecule has 0 radical (unpaired) electrons. The van der Waals surface area contributed by atoms with Crippen LogP contribution in [-0.4, -0.2) is 6.04 Å². The largest absolute Gasteiger partial charge is 0.324 e. The lowest BCUT2D eigenvalue weighted by atomic mass is 9.78. The third-order valence-electron chi connectivity index (χ3n) is 4.07. The molecule has 14 heavy (non-hydrogen) atoms. The molecule has 0 aromatic carbocycles. The lowest BCUT2D eigenvalue weighted by molar-refractivity contribution is 0.396. The van der Waals surface area contributed by atoms with Gasteiger partial charge in [0.15, 0.2) is 0 Å². The van der Waals surface area contributed by atoms with Crippen LogP contribution in [0.3, 0.4) is 0 Å². The van der Waals surface area contributed by atoms with E-state index in [1.54, 1.807) is 0 Å². The molecule has 3 unspecified atom stereocenters. The molecule has 1 nitrogen and oxygen atoms in total. The van der Waals surface area contributed by atoms with Crippen molar-refractivity contribution in [2.45, 2.75) is 25.8 Å². The maximum atomic E-state index is 6.15. The predicted octanol–water partition coefficient (Wildman–Crippen LogP) is 2.41. The summed E-state index contributed by atoms with van der Waals surface area (Å²) < 4.78 is 0. The minimum absolute atomic E-state index is 0.331. The van der Waals surface area contributed by atoms with Crippen molar-refractivity contribution in [1.82, 2.24) is 0 Å². The molecule has 2 N–H and O–H groups in total. The standard InChI is InChI=1S/C13H17N/c1-8-5-13(14)12-7-10-4-2-3-9(10)6-11(8)12/h2-4,7-9,11,13H,5-6,14H2,1H3/t8?,9?,11?,13-/m0/s1. The van der Waals surface area contributed by atoms with Gasteiger partial charge in [0.25, 0.3) is 0 Å². The second-order valence-electron chi connectivity index (χ2n) is 4.96. The van der Waals surface area contributed by atoms with E-state index in [2.05, 4.69) is 31.2 Å². The molecule has 0 aromatic heterocycles. The summed E-state index contributed by atoms with van der Waals surface area (Å²) in [5, 5.41) is 0. The first-order chi connectivity index (χ1) is 6.75. The number of fused-ring (bicyclic) bond motifs is 2. The fourth-order valence-electron chi connectivity index (χ4n) is 3.26. The topological polar surface area (TPSA) is 26.0 Å². The number of hydrogen-bond donors (Lipinski definition) is 1. The van der Waals surface area contributed by atoms with Crippen LogP contribution in [0.5, 0.6) is 0 Å². The second-order valence-corrected chi connectivity index (χ2v) is 4.96. The van der Waals surface area contributed by atoms with Crippen molar-refractivity contribution in [2.75, 3.05) is 0 Å². The molecule has 1 saturated carbocycles. The molecule has 0 saturated heterocycles. The van der Waals surface area contributed by atoms with Crippen molar-refractivity contribution in [2.24, 2.45) is 23.5 Å². The highest BCUT2D eigenvalue weighted by Gasteiger charge is 2.38. The van der Waals surface area contributed by atoms with Crippen LogP contribution in [0.25, 0.3) is 0 Å². The molecular formula is C13H17N. The van der Waals surface area contributed by atoms with Gasteiger partial charge >= 0.3 is 0 Å². The van der Waals surface area contributed by atoms with Gasteiger partial charge in [0.1, 0.15) is 0 Å². The van der Waals surface area contributed by atoms with Gasteiger partial charge in [0, 0.05) is 12.0 Å². The number of nitrogens with two attached hydrogens (primary N) is 1. The van der Waals surface area contributed by atoms with Crippen LogP contribution in [0, 0.1) is 17.8 Å². The molecule has 0 heterocycles. The van der Waals surface area contributed by atoms with Gasteiger partial charge in [-0.1, -0.05) is 31.2 Å². The average Bonchev–Trinajstić information content (AvgIpc) is 2.70. The maximum absolute atomic E-state index is 6.15. The van der Waals surface area contributed by atoms with Gasteiger partial charge in [0.2, 0.25) is 0 Å². The molecule has 74 valence electrons. The molecule has 0 spiro atoms. The highest BCUT2D eigenvalue weighted by atomic mass is 14.7. The Morgan fingerprint density at radius 2 is 2.21 bits per heavy atom. The highest BCUT2D eigenvalue weighted by Crippen LogP contribution is 2.46. The summed E-state index contributed by atoms with van der Waals surface area (Å²) in [5.41, 5.74) is 9.15. The molecule has 0 aromatic rings. The van der Waals surface area contributed by atoms with Crippen molar-refractivity contribution in [3.05, 3.63) is 35.5 Å². The van der Waals surface area contributed by atoms with E-state index in [1.165, 1.54) is 24.0 Å². The van der Waals surface area contributed by atoms with Crippen molar-refractivity contribution < 1.29 is 0 Å². The molecule has 1 heteroatoms. The Morgan fingerprint density at radius 1 is 1.36 bits per heavy atom. The third kappa shape index (κ3) is 1.05. The minimum atomic E-state index is 0.331. The zero-order valence-corrected chi connectivity index (χ0v) is 8.61. The quantitative estimate of drug-likeness (QED) is 0.619. The lowest BCUT2D eigenvalue weighted by Gasteiger charge is -2.27. The van der Waals surface area contributed by atoms with E-state index in [9.17, 15) is 0 Å². The van der Waals surface area contributed by atoms with E-state index in [4.69, 9.17) is 5.73 Å². The van der Waals surface area contributed by atoms with Crippen LogP contribution in [0.2, 0.25) is 0 Å². The Morgan fingerprint density at radius 3 is 3.07 bits per heavy atom. The van der Waals surface area contributed by atoms with Gasteiger partial charge in [-0.15, -0.1) is 0 Å². The van der Waals surface area contributed by atoms with Crippen molar-refractivity contribution in [1.29, 1.82) is 0 Å². The van der Waals surface area contributed by atoms with Crippen LogP contribution in [0.4, 0.5) is 0 Å². The number of rotatable bonds is 0. The molecule has 1 fully saturated rings. The summed E-state index contributed by atoms with van der Waals surface area (Å²) in [5.74, 6) is 2.23. The third-order valence-corrected chi connectivity index (χ3v) is 4.07. The molecule has 3 aliphatic rings. The summed E-state index contributed by atoms with van der Waals surface area (Å²) in [7, 11) is 0. The van der Waals surface area contributed by atoms with E-state index < -0.39 is 0 Å². The number of allylic oxidation sites excluding steroid dienone is 5. The smallest absolute Gasteiger partial charge is 0.0262 e. The fraction of sp³-hybridized carbons (Fsp3) is 0.538. The van der Waals surface area contributed by atoms with Gasteiger partial charge in [-0.3, -0.25) is 0 Å². The molecule has 0 bridgehead atoms. The van der Waals surface area contributed by atoms with E-state index >= 15 is 0 Å². The molecule has 3 rings (SSSR count). The highest BCUT2D eigenvalue weighted by molar-refractivity contribution is 5.43. The summed E-state index contributed by atoms with van der Waals surface area (Å²) in [4.78, 5) is 0. The Bertz CT molecular complexity index is 348. The Balaban J connectivity index is 2.00. The first-order valence-electron chi connectivity index (χ1n) is 5.61. The van der Waals surface area contributed by atoms with Gasteiger partial charge in [-0.25, -0.2) is 0 Å². The van der Waals surface area contributed by atoms with E-state index in [0.29, 0.717) is 12.0 Å². The molecule has 0 amide bonds. The zero-order valence-electron chi connectivity index (χ0n) is 8.61. The van der Waals surface area contributed by atoms with Crippen LogP contribution < -0.4 is 5.73 Å². The Hall–Kier alpha value is -0.820.